The van der Waals surface area contributed by atoms with Crippen molar-refractivity contribution in [1.82, 2.24) is 4.90 Å². The Bertz CT molecular complexity index is 176. The fourth-order valence-electron chi connectivity index (χ4n) is 2.45. The summed E-state index contributed by atoms with van der Waals surface area (Å²) in [6, 6.07) is 1.44. The van der Waals surface area contributed by atoms with E-state index in [1.807, 2.05) is 0 Å². The number of rotatable bonds is 4. The van der Waals surface area contributed by atoms with E-state index < -0.39 is 0 Å². The molecule has 0 radical (unpaired) electrons. The Morgan fingerprint density at radius 1 is 1.46 bits per heavy atom. The van der Waals surface area contributed by atoms with Crippen LogP contribution in [0, 0.1) is 12.3 Å². The lowest BCUT2D eigenvalue weighted by Crippen LogP contribution is -2.38. The molecular formula is C12H21N. The van der Waals surface area contributed by atoms with Crippen LogP contribution in [0.3, 0.4) is 0 Å². The zero-order valence-electron chi connectivity index (χ0n) is 8.92. The first-order valence-electron chi connectivity index (χ1n) is 5.52. The Balaban J connectivity index is 2.51. The molecule has 13 heavy (non-hydrogen) atoms. The van der Waals surface area contributed by atoms with Gasteiger partial charge in [-0.15, -0.1) is 12.3 Å². The first-order chi connectivity index (χ1) is 6.33. The maximum absolute atomic E-state index is 5.38. The fraction of sp³-hybridized carbons (Fsp3) is 0.833. The highest BCUT2D eigenvalue weighted by Gasteiger charge is 2.27. The van der Waals surface area contributed by atoms with Gasteiger partial charge in [0.05, 0.1) is 0 Å². The van der Waals surface area contributed by atoms with E-state index in [9.17, 15) is 0 Å². The van der Waals surface area contributed by atoms with Crippen molar-refractivity contribution in [2.75, 3.05) is 6.54 Å². The molecule has 1 fully saturated rings. The largest absolute Gasteiger partial charge is 0.297 e. The molecule has 0 aromatic rings. The summed E-state index contributed by atoms with van der Waals surface area (Å²) >= 11 is 0. The van der Waals surface area contributed by atoms with Crippen molar-refractivity contribution in [2.45, 2.75) is 58.0 Å². The van der Waals surface area contributed by atoms with Crippen LogP contribution in [0.2, 0.25) is 0 Å². The van der Waals surface area contributed by atoms with E-state index in [4.69, 9.17) is 6.42 Å². The molecule has 0 amide bonds. The number of terminal acetylenes is 1. The normalized spacial score (nSPS) is 23.7. The first-order valence-corrected chi connectivity index (χ1v) is 5.52. The molecule has 0 bridgehead atoms. The smallest absolute Gasteiger partial charge is 0.0243 e. The lowest BCUT2D eigenvalue weighted by atomic mass is 10.1. The molecule has 1 heterocycles. The molecular weight excluding hydrogens is 158 g/mol. The molecule has 74 valence electrons. The lowest BCUT2D eigenvalue weighted by Gasteiger charge is -2.30. The highest BCUT2D eigenvalue weighted by molar-refractivity contribution is 4.94. The van der Waals surface area contributed by atoms with Crippen molar-refractivity contribution in [3.63, 3.8) is 0 Å². The van der Waals surface area contributed by atoms with Crippen molar-refractivity contribution in [3.05, 3.63) is 0 Å². The number of likely N-dealkylation sites (tertiary alicyclic amines) is 1. The Hall–Kier alpha value is -0.480. The summed E-state index contributed by atoms with van der Waals surface area (Å²) in [7, 11) is 0. The molecule has 1 rings (SSSR count). The molecule has 1 heteroatoms. The fourth-order valence-corrected chi connectivity index (χ4v) is 2.45. The van der Waals surface area contributed by atoms with Crippen molar-refractivity contribution >= 4 is 0 Å². The second-order valence-electron chi connectivity index (χ2n) is 3.91. The number of nitrogens with zero attached hydrogens (tertiary/aromatic N) is 1. The van der Waals surface area contributed by atoms with Crippen LogP contribution < -0.4 is 0 Å². The molecule has 1 aliphatic heterocycles. The summed E-state index contributed by atoms with van der Waals surface area (Å²) in [5.41, 5.74) is 0. The summed E-state index contributed by atoms with van der Waals surface area (Å²) in [5, 5.41) is 0. The highest BCUT2D eigenvalue weighted by Crippen LogP contribution is 2.24. The van der Waals surface area contributed by atoms with Crippen LogP contribution in [-0.4, -0.2) is 23.5 Å². The molecule has 1 saturated heterocycles. The predicted molar refractivity (Wildman–Crippen MR) is 57.5 cm³/mol. The Labute approximate surface area is 82.5 Å². The minimum atomic E-state index is 0.676. The van der Waals surface area contributed by atoms with Crippen LogP contribution in [0.4, 0.5) is 0 Å². The molecule has 0 aliphatic carbocycles. The van der Waals surface area contributed by atoms with Crippen LogP contribution >= 0.6 is 0 Å². The quantitative estimate of drug-likeness (QED) is 0.600. The van der Waals surface area contributed by atoms with Gasteiger partial charge in [0, 0.05) is 18.5 Å². The van der Waals surface area contributed by atoms with E-state index in [0.717, 1.165) is 12.5 Å². The van der Waals surface area contributed by atoms with Gasteiger partial charge in [-0.1, -0.05) is 13.8 Å². The minimum absolute atomic E-state index is 0.676. The van der Waals surface area contributed by atoms with Gasteiger partial charge in [-0.2, -0.15) is 0 Å². The SMILES string of the molecule is C#CCC1CCCN1C(CC)CC. The van der Waals surface area contributed by atoms with Crippen molar-refractivity contribution in [3.8, 4) is 12.3 Å². The van der Waals surface area contributed by atoms with Gasteiger partial charge < -0.3 is 0 Å². The second-order valence-corrected chi connectivity index (χ2v) is 3.91. The van der Waals surface area contributed by atoms with Gasteiger partial charge in [0.2, 0.25) is 0 Å². The highest BCUT2D eigenvalue weighted by atomic mass is 15.2. The monoisotopic (exact) mass is 179 g/mol. The first kappa shape index (κ1) is 10.6. The minimum Gasteiger partial charge on any atom is -0.297 e. The summed E-state index contributed by atoms with van der Waals surface area (Å²) in [4.78, 5) is 2.62. The molecule has 1 aliphatic rings. The van der Waals surface area contributed by atoms with E-state index in [1.54, 1.807) is 0 Å². The van der Waals surface area contributed by atoms with Crippen molar-refractivity contribution in [2.24, 2.45) is 0 Å². The number of hydrogen-bond donors (Lipinski definition) is 0. The average Bonchev–Trinajstić information content (AvgIpc) is 2.57. The Morgan fingerprint density at radius 2 is 2.15 bits per heavy atom. The molecule has 1 nitrogen and oxygen atoms in total. The van der Waals surface area contributed by atoms with Crippen LogP contribution in [-0.2, 0) is 0 Å². The summed E-state index contributed by atoms with van der Waals surface area (Å²) in [6.07, 6.45) is 11.5. The third-order valence-electron chi connectivity index (χ3n) is 3.19. The topological polar surface area (TPSA) is 3.24 Å². The van der Waals surface area contributed by atoms with E-state index in [1.165, 1.54) is 32.2 Å². The molecule has 0 spiro atoms. The van der Waals surface area contributed by atoms with Crippen LogP contribution in [0.5, 0.6) is 0 Å². The third kappa shape index (κ3) is 2.48. The third-order valence-corrected chi connectivity index (χ3v) is 3.19. The molecule has 0 N–H and O–H groups in total. The van der Waals surface area contributed by atoms with Crippen LogP contribution in [0.15, 0.2) is 0 Å². The molecule has 0 saturated carbocycles. The number of hydrogen-bond acceptors (Lipinski definition) is 1. The molecule has 1 atom stereocenters. The maximum Gasteiger partial charge on any atom is 0.0243 e. The van der Waals surface area contributed by atoms with Crippen molar-refractivity contribution < 1.29 is 0 Å². The van der Waals surface area contributed by atoms with E-state index in [2.05, 4.69) is 24.7 Å². The van der Waals surface area contributed by atoms with Gasteiger partial charge in [0.25, 0.3) is 0 Å². The Kier molecular flexibility index (Phi) is 4.32. The summed E-state index contributed by atoms with van der Waals surface area (Å²) < 4.78 is 0. The molecule has 0 aromatic heterocycles. The molecule has 0 aromatic carbocycles. The molecule has 1 unspecified atom stereocenters. The van der Waals surface area contributed by atoms with E-state index >= 15 is 0 Å². The van der Waals surface area contributed by atoms with Gasteiger partial charge in [0.15, 0.2) is 0 Å². The zero-order valence-corrected chi connectivity index (χ0v) is 8.92. The summed E-state index contributed by atoms with van der Waals surface area (Å²) in [6.45, 7) is 5.82. The van der Waals surface area contributed by atoms with Crippen LogP contribution in [0.1, 0.15) is 46.0 Å². The van der Waals surface area contributed by atoms with Gasteiger partial charge in [0.1, 0.15) is 0 Å². The van der Waals surface area contributed by atoms with E-state index in [-0.39, 0.29) is 0 Å². The van der Waals surface area contributed by atoms with Crippen LogP contribution in [0.25, 0.3) is 0 Å². The predicted octanol–water partition coefficient (Wildman–Crippen LogP) is 2.66. The van der Waals surface area contributed by atoms with Gasteiger partial charge in [-0.3, -0.25) is 4.90 Å². The zero-order chi connectivity index (χ0) is 9.68. The average molecular weight is 179 g/mol. The van der Waals surface area contributed by atoms with Crippen molar-refractivity contribution in [1.29, 1.82) is 0 Å². The van der Waals surface area contributed by atoms with Gasteiger partial charge >= 0.3 is 0 Å². The van der Waals surface area contributed by atoms with Gasteiger partial charge in [-0.25, -0.2) is 0 Å². The Morgan fingerprint density at radius 3 is 2.69 bits per heavy atom. The maximum atomic E-state index is 5.38. The second kappa shape index (κ2) is 5.29. The lowest BCUT2D eigenvalue weighted by molar-refractivity contribution is 0.172. The summed E-state index contributed by atoms with van der Waals surface area (Å²) in [5.74, 6) is 2.80. The van der Waals surface area contributed by atoms with E-state index in [0.29, 0.717) is 6.04 Å². The van der Waals surface area contributed by atoms with Gasteiger partial charge in [-0.05, 0) is 32.2 Å². The standard InChI is InChI=1S/C12H21N/c1-4-8-12-9-7-10-13(12)11(5-2)6-3/h1,11-12H,5-10H2,2-3H3.